The highest BCUT2D eigenvalue weighted by atomic mass is 127. The first kappa shape index (κ1) is 24.5. The third-order valence-electron chi connectivity index (χ3n) is 5.71. The molecule has 1 atom stereocenters. The van der Waals surface area contributed by atoms with E-state index in [9.17, 15) is 4.79 Å². The molecule has 2 aliphatic rings. The number of carbonyl (C=O) groups is 1. The summed E-state index contributed by atoms with van der Waals surface area (Å²) >= 11 is 0. The van der Waals surface area contributed by atoms with E-state index in [2.05, 4.69) is 31.9 Å². The molecule has 0 aliphatic carbocycles. The zero-order valence-corrected chi connectivity index (χ0v) is 20.8. The lowest BCUT2D eigenvalue weighted by Gasteiger charge is -2.37. The minimum Gasteiger partial charge on any atom is -0.467 e. The number of ether oxygens (including phenoxy) is 1. The number of hydrogen-bond acceptors (Lipinski definition) is 6. The van der Waals surface area contributed by atoms with Crippen molar-refractivity contribution < 1.29 is 13.9 Å². The summed E-state index contributed by atoms with van der Waals surface area (Å²) in [5.74, 6) is 2.74. The van der Waals surface area contributed by atoms with Gasteiger partial charge in [0.25, 0.3) is 5.91 Å². The van der Waals surface area contributed by atoms with Gasteiger partial charge in [0, 0.05) is 52.3 Å². The van der Waals surface area contributed by atoms with Crippen LogP contribution in [0, 0.1) is 0 Å². The SMILES string of the molecule is CCc1nncn1CCNC(=NCc1ccco1)N1CCN(C(=O)C2CCCO2)CC1.I. The fourth-order valence-electron chi connectivity index (χ4n) is 3.97. The van der Waals surface area contributed by atoms with Gasteiger partial charge in [0.1, 0.15) is 30.6 Å². The van der Waals surface area contributed by atoms with E-state index in [1.807, 2.05) is 17.0 Å². The molecule has 176 valence electrons. The number of guanidine groups is 1. The van der Waals surface area contributed by atoms with Crippen molar-refractivity contribution >= 4 is 35.8 Å². The number of amides is 1. The minimum absolute atomic E-state index is 0. The number of aryl methyl sites for hydroxylation is 1. The number of rotatable bonds is 7. The van der Waals surface area contributed by atoms with Crippen LogP contribution in [0.5, 0.6) is 0 Å². The fraction of sp³-hybridized carbons (Fsp3) is 0.619. The second kappa shape index (κ2) is 12.2. The molecule has 1 unspecified atom stereocenters. The second-order valence-corrected chi connectivity index (χ2v) is 7.75. The lowest BCUT2D eigenvalue weighted by Crippen LogP contribution is -2.55. The molecule has 1 N–H and O–H groups in total. The molecule has 10 nitrogen and oxygen atoms in total. The van der Waals surface area contributed by atoms with Gasteiger partial charge in [-0.1, -0.05) is 6.92 Å². The lowest BCUT2D eigenvalue weighted by molar-refractivity contribution is -0.142. The van der Waals surface area contributed by atoms with Crippen molar-refractivity contribution in [3.05, 3.63) is 36.3 Å². The number of carbonyl (C=O) groups excluding carboxylic acids is 1. The van der Waals surface area contributed by atoms with E-state index in [1.165, 1.54) is 0 Å². The summed E-state index contributed by atoms with van der Waals surface area (Å²) in [5.41, 5.74) is 0. The van der Waals surface area contributed by atoms with E-state index < -0.39 is 0 Å². The Bertz CT molecular complexity index is 857. The number of aromatic nitrogens is 3. The number of aliphatic imine (C=N–C) groups is 1. The molecular weight excluding hydrogens is 525 g/mol. The van der Waals surface area contributed by atoms with Crippen LogP contribution < -0.4 is 5.32 Å². The van der Waals surface area contributed by atoms with E-state index in [0.717, 1.165) is 56.4 Å². The molecule has 2 aliphatic heterocycles. The number of nitrogens with zero attached hydrogens (tertiary/aromatic N) is 6. The Morgan fingerprint density at radius 3 is 2.78 bits per heavy atom. The highest BCUT2D eigenvalue weighted by molar-refractivity contribution is 14.0. The van der Waals surface area contributed by atoms with Crippen LogP contribution in [0.15, 0.2) is 34.1 Å². The molecule has 0 bridgehead atoms. The Balaban J connectivity index is 0.00000289. The van der Waals surface area contributed by atoms with Crippen LogP contribution in [0.1, 0.15) is 31.4 Å². The molecule has 0 aromatic carbocycles. The van der Waals surface area contributed by atoms with Gasteiger partial charge in [-0.3, -0.25) is 4.79 Å². The molecule has 2 saturated heterocycles. The minimum atomic E-state index is -0.256. The van der Waals surface area contributed by atoms with Gasteiger partial charge in [0.15, 0.2) is 5.96 Å². The molecule has 1 amide bonds. The smallest absolute Gasteiger partial charge is 0.251 e. The van der Waals surface area contributed by atoms with Gasteiger partial charge < -0.3 is 28.8 Å². The Morgan fingerprint density at radius 2 is 2.09 bits per heavy atom. The number of nitrogens with one attached hydrogen (secondary N) is 1. The third kappa shape index (κ3) is 6.21. The maximum absolute atomic E-state index is 12.6. The summed E-state index contributed by atoms with van der Waals surface area (Å²) in [4.78, 5) is 21.5. The number of halogens is 1. The first-order valence-corrected chi connectivity index (χ1v) is 11.1. The van der Waals surface area contributed by atoms with Crippen LogP contribution in [0.3, 0.4) is 0 Å². The summed E-state index contributed by atoms with van der Waals surface area (Å²) in [6.45, 7) is 7.50. The molecular formula is C21H32IN7O3. The molecule has 4 heterocycles. The van der Waals surface area contributed by atoms with E-state index >= 15 is 0 Å². The first-order chi connectivity index (χ1) is 15.2. The van der Waals surface area contributed by atoms with Gasteiger partial charge in [0.2, 0.25) is 0 Å². The molecule has 0 saturated carbocycles. The molecule has 0 spiro atoms. The third-order valence-corrected chi connectivity index (χ3v) is 5.71. The standard InChI is InChI=1S/C21H31N7O3.HI/c1-2-19-25-24-16-28(19)8-7-22-21(23-15-17-5-3-13-30-17)27-11-9-26(10-12-27)20(29)18-6-4-14-31-18;/h3,5,13,16,18H,2,4,6-12,14-15H2,1H3,(H,22,23);1H. The number of piperazine rings is 1. The quantitative estimate of drug-likeness (QED) is 0.313. The Morgan fingerprint density at radius 1 is 1.28 bits per heavy atom. The van der Waals surface area contributed by atoms with Crippen LogP contribution in [-0.2, 0) is 29.0 Å². The summed E-state index contributed by atoms with van der Waals surface area (Å²) < 4.78 is 13.0. The lowest BCUT2D eigenvalue weighted by atomic mass is 10.2. The molecule has 32 heavy (non-hydrogen) atoms. The van der Waals surface area contributed by atoms with Crippen LogP contribution in [0.4, 0.5) is 0 Å². The monoisotopic (exact) mass is 557 g/mol. The van der Waals surface area contributed by atoms with Crippen molar-refractivity contribution in [2.24, 2.45) is 4.99 Å². The summed E-state index contributed by atoms with van der Waals surface area (Å²) in [6.07, 6.45) is 5.81. The molecule has 2 aromatic rings. The summed E-state index contributed by atoms with van der Waals surface area (Å²) in [7, 11) is 0. The maximum Gasteiger partial charge on any atom is 0.251 e. The van der Waals surface area contributed by atoms with Gasteiger partial charge in [-0.15, -0.1) is 34.2 Å². The van der Waals surface area contributed by atoms with Crippen molar-refractivity contribution in [1.29, 1.82) is 0 Å². The zero-order valence-electron chi connectivity index (χ0n) is 18.5. The Kier molecular flexibility index (Phi) is 9.33. The van der Waals surface area contributed by atoms with Gasteiger partial charge in [-0.2, -0.15) is 0 Å². The largest absolute Gasteiger partial charge is 0.467 e. The molecule has 0 radical (unpaired) electrons. The van der Waals surface area contributed by atoms with Crippen molar-refractivity contribution in [2.75, 3.05) is 39.3 Å². The Hall–Kier alpha value is -2.15. The zero-order chi connectivity index (χ0) is 21.5. The second-order valence-electron chi connectivity index (χ2n) is 7.75. The van der Waals surface area contributed by atoms with Crippen molar-refractivity contribution in [3.8, 4) is 0 Å². The van der Waals surface area contributed by atoms with E-state index in [-0.39, 0.29) is 36.0 Å². The van der Waals surface area contributed by atoms with Crippen LogP contribution in [0.2, 0.25) is 0 Å². The predicted octanol–water partition coefficient (Wildman–Crippen LogP) is 1.52. The van der Waals surface area contributed by atoms with Gasteiger partial charge in [-0.25, -0.2) is 4.99 Å². The summed E-state index contributed by atoms with van der Waals surface area (Å²) in [5, 5.41) is 11.6. The maximum atomic E-state index is 12.6. The molecule has 2 aromatic heterocycles. The molecule has 4 rings (SSSR count). The first-order valence-electron chi connectivity index (χ1n) is 11.1. The molecule has 2 fully saturated rings. The van der Waals surface area contributed by atoms with Crippen LogP contribution in [0.25, 0.3) is 0 Å². The van der Waals surface area contributed by atoms with E-state index in [0.29, 0.717) is 32.8 Å². The fourth-order valence-corrected chi connectivity index (χ4v) is 3.97. The highest BCUT2D eigenvalue weighted by Gasteiger charge is 2.31. The van der Waals surface area contributed by atoms with Crippen molar-refractivity contribution in [2.45, 2.75) is 45.4 Å². The predicted molar refractivity (Wildman–Crippen MR) is 130 cm³/mol. The highest BCUT2D eigenvalue weighted by Crippen LogP contribution is 2.16. The van der Waals surface area contributed by atoms with Crippen molar-refractivity contribution in [3.63, 3.8) is 0 Å². The Labute approximate surface area is 205 Å². The van der Waals surface area contributed by atoms with Crippen LogP contribution >= 0.6 is 24.0 Å². The normalized spacial score (nSPS) is 19.2. The average Bonchev–Trinajstić information content (AvgIpc) is 3.58. The van der Waals surface area contributed by atoms with Gasteiger partial charge in [-0.05, 0) is 25.0 Å². The van der Waals surface area contributed by atoms with Crippen LogP contribution in [-0.4, -0.2) is 81.9 Å². The molecule has 11 heteroatoms. The summed E-state index contributed by atoms with van der Waals surface area (Å²) in [6, 6.07) is 3.79. The van der Waals surface area contributed by atoms with Gasteiger partial charge >= 0.3 is 0 Å². The average molecular weight is 557 g/mol. The van der Waals surface area contributed by atoms with Gasteiger partial charge in [0.05, 0.1) is 6.26 Å². The van der Waals surface area contributed by atoms with E-state index in [1.54, 1.807) is 12.6 Å². The van der Waals surface area contributed by atoms with E-state index in [4.69, 9.17) is 14.1 Å². The number of furan rings is 1. The number of hydrogen-bond donors (Lipinski definition) is 1. The topological polar surface area (TPSA) is 101 Å². The van der Waals surface area contributed by atoms with Crippen molar-refractivity contribution in [1.82, 2.24) is 29.9 Å².